The number of benzene rings is 1. The number of nitrogens with two attached hydrogens (primary N) is 1. The molecule has 3 N–H and O–H groups in total. The second-order valence-electron chi connectivity index (χ2n) is 4.12. The van der Waals surface area contributed by atoms with Gasteiger partial charge in [-0.15, -0.1) is 0 Å². The maximum Gasteiger partial charge on any atom is 0.0982 e. The lowest BCUT2D eigenvalue weighted by molar-refractivity contribution is 0.302. The van der Waals surface area contributed by atoms with E-state index in [-0.39, 0.29) is 0 Å². The van der Waals surface area contributed by atoms with Crippen molar-refractivity contribution in [3.05, 3.63) is 29.8 Å². The first kappa shape index (κ1) is 12.5. The van der Waals surface area contributed by atoms with Crippen LogP contribution in [-0.4, -0.2) is 26.8 Å². The Labute approximate surface area is 103 Å². The topological polar surface area (TPSA) is 81.4 Å². The summed E-state index contributed by atoms with van der Waals surface area (Å²) in [6.45, 7) is 1.69. The van der Waals surface area contributed by atoms with Crippen LogP contribution in [0, 0.1) is 0 Å². The summed E-state index contributed by atoms with van der Waals surface area (Å²) < 4.78 is 22.7. The van der Waals surface area contributed by atoms with Crippen molar-refractivity contribution in [2.45, 2.75) is 18.2 Å². The minimum absolute atomic E-state index is 0.538. The number of hydrogen-bond acceptors (Lipinski definition) is 5. The lowest BCUT2D eigenvalue weighted by Gasteiger charge is -2.29. The van der Waals surface area contributed by atoms with E-state index in [0.717, 1.165) is 37.2 Å². The number of nitrogen functional groups attached to an aromatic ring is 1. The van der Waals surface area contributed by atoms with Crippen molar-refractivity contribution in [1.29, 1.82) is 0 Å². The minimum atomic E-state index is -2.13. The molecule has 1 aliphatic heterocycles. The molecule has 2 atom stereocenters. The second-order valence-corrected chi connectivity index (χ2v) is 5.09. The van der Waals surface area contributed by atoms with Gasteiger partial charge in [0.05, 0.1) is 5.37 Å². The Bertz CT molecular complexity index is 390. The van der Waals surface area contributed by atoms with Crippen LogP contribution in [0.5, 0.6) is 0 Å². The normalized spacial score (nSPS) is 20.1. The lowest BCUT2D eigenvalue weighted by Crippen LogP contribution is -2.28. The maximum atomic E-state index is 11.4. The van der Waals surface area contributed by atoms with E-state index in [1.165, 1.54) is 0 Å². The van der Waals surface area contributed by atoms with Gasteiger partial charge in [-0.1, -0.05) is 12.1 Å². The standard InChI is InChI=1S/C11H17N3O2S/c12-13-10-5-3-9(4-6-10)11(17(15)16)14-7-1-2-8-14/h3-6,11,13H,1-2,7-8,12H2,(H,15,16)/p-1. The molecule has 0 aliphatic carbocycles. The van der Waals surface area contributed by atoms with Crippen LogP contribution in [0.15, 0.2) is 24.3 Å². The molecule has 1 aromatic rings. The summed E-state index contributed by atoms with van der Waals surface area (Å²) in [7, 11) is 0. The third kappa shape index (κ3) is 2.84. The van der Waals surface area contributed by atoms with Gasteiger partial charge < -0.3 is 9.98 Å². The van der Waals surface area contributed by atoms with Gasteiger partial charge >= 0.3 is 0 Å². The smallest absolute Gasteiger partial charge is 0.0982 e. The van der Waals surface area contributed by atoms with E-state index >= 15 is 0 Å². The van der Waals surface area contributed by atoms with Crippen LogP contribution in [0.25, 0.3) is 0 Å². The van der Waals surface area contributed by atoms with Crippen LogP contribution in [0.2, 0.25) is 0 Å². The number of nitrogens with one attached hydrogen (secondary N) is 1. The molecular weight excluding hydrogens is 238 g/mol. The van der Waals surface area contributed by atoms with Crippen molar-refractivity contribution in [2.24, 2.45) is 5.84 Å². The van der Waals surface area contributed by atoms with Crippen molar-refractivity contribution in [3.8, 4) is 0 Å². The first-order valence-corrected chi connectivity index (χ1v) is 6.75. The highest BCUT2D eigenvalue weighted by atomic mass is 32.2. The minimum Gasteiger partial charge on any atom is -0.771 e. The molecule has 0 saturated carbocycles. The highest BCUT2D eigenvalue weighted by Gasteiger charge is 2.24. The summed E-state index contributed by atoms with van der Waals surface area (Å²) in [6.07, 6.45) is 2.13. The van der Waals surface area contributed by atoms with E-state index in [0.29, 0.717) is 0 Å². The molecule has 17 heavy (non-hydrogen) atoms. The second kappa shape index (κ2) is 5.59. The lowest BCUT2D eigenvalue weighted by atomic mass is 10.2. The maximum absolute atomic E-state index is 11.4. The van der Waals surface area contributed by atoms with Crippen LogP contribution < -0.4 is 11.3 Å². The van der Waals surface area contributed by atoms with E-state index in [2.05, 4.69) is 5.43 Å². The highest BCUT2D eigenvalue weighted by Crippen LogP contribution is 2.28. The zero-order chi connectivity index (χ0) is 12.3. The first-order valence-electron chi connectivity index (χ1n) is 5.61. The van der Waals surface area contributed by atoms with Crippen molar-refractivity contribution >= 4 is 16.8 Å². The number of rotatable bonds is 4. The largest absolute Gasteiger partial charge is 0.771 e. The zero-order valence-electron chi connectivity index (χ0n) is 9.46. The SMILES string of the molecule is NNc1ccc(C(N2CCCC2)S(=O)[O-])cc1. The van der Waals surface area contributed by atoms with Gasteiger partial charge in [-0.25, -0.2) is 0 Å². The zero-order valence-corrected chi connectivity index (χ0v) is 10.3. The quantitative estimate of drug-likeness (QED) is 0.475. The van der Waals surface area contributed by atoms with Crippen LogP contribution in [-0.2, 0) is 11.1 Å². The summed E-state index contributed by atoms with van der Waals surface area (Å²) in [5.74, 6) is 5.28. The Kier molecular flexibility index (Phi) is 4.11. The molecule has 2 rings (SSSR count). The molecule has 1 aromatic carbocycles. The molecule has 6 heteroatoms. The Morgan fingerprint density at radius 2 is 1.88 bits per heavy atom. The van der Waals surface area contributed by atoms with E-state index in [1.54, 1.807) is 24.3 Å². The van der Waals surface area contributed by atoms with Crippen molar-refractivity contribution in [2.75, 3.05) is 18.5 Å². The van der Waals surface area contributed by atoms with Crippen LogP contribution in [0.1, 0.15) is 23.8 Å². The Morgan fingerprint density at radius 1 is 1.29 bits per heavy atom. The Hall–Kier alpha value is -0.950. The Morgan fingerprint density at radius 3 is 2.35 bits per heavy atom. The number of likely N-dealkylation sites (tertiary alicyclic amines) is 1. The fourth-order valence-corrected chi connectivity index (χ4v) is 3.00. The third-order valence-electron chi connectivity index (χ3n) is 3.02. The molecule has 0 amide bonds. The van der Waals surface area contributed by atoms with Crippen LogP contribution in [0.4, 0.5) is 5.69 Å². The van der Waals surface area contributed by atoms with Gasteiger partial charge in [0.2, 0.25) is 0 Å². The van der Waals surface area contributed by atoms with Crippen LogP contribution >= 0.6 is 0 Å². The molecule has 1 fully saturated rings. The molecular formula is C11H16N3O2S-. The summed E-state index contributed by atoms with van der Waals surface area (Å²) >= 11 is -2.13. The molecule has 94 valence electrons. The molecule has 0 bridgehead atoms. The van der Waals surface area contributed by atoms with E-state index in [4.69, 9.17) is 5.84 Å². The van der Waals surface area contributed by atoms with Gasteiger partial charge in [-0.3, -0.25) is 15.0 Å². The van der Waals surface area contributed by atoms with Gasteiger partial charge in [0.15, 0.2) is 0 Å². The fraction of sp³-hybridized carbons (Fsp3) is 0.455. The average Bonchev–Trinajstić information content (AvgIpc) is 2.83. The number of nitrogens with zero attached hydrogens (tertiary/aromatic N) is 1. The van der Waals surface area contributed by atoms with Crippen molar-refractivity contribution in [1.82, 2.24) is 4.90 Å². The molecule has 0 aromatic heterocycles. The predicted octanol–water partition coefficient (Wildman–Crippen LogP) is 0.946. The van der Waals surface area contributed by atoms with Crippen molar-refractivity contribution in [3.63, 3.8) is 0 Å². The molecule has 1 saturated heterocycles. The summed E-state index contributed by atoms with van der Waals surface area (Å²) in [4.78, 5) is 1.99. The summed E-state index contributed by atoms with van der Waals surface area (Å²) in [5, 5.41) is -0.538. The van der Waals surface area contributed by atoms with Gasteiger partial charge in [0.25, 0.3) is 0 Å². The molecule has 0 spiro atoms. The molecule has 5 nitrogen and oxygen atoms in total. The molecule has 1 heterocycles. The van der Waals surface area contributed by atoms with E-state index in [9.17, 15) is 8.76 Å². The first-order chi connectivity index (χ1) is 8.22. The van der Waals surface area contributed by atoms with Gasteiger partial charge in [-0.2, -0.15) is 0 Å². The summed E-state index contributed by atoms with van der Waals surface area (Å²) in [5.41, 5.74) is 4.08. The molecule has 2 unspecified atom stereocenters. The van der Waals surface area contributed by atoms with Gasteiger partial charge in [-0.05, 0) is 54.7 Å². The van der Waals surface area contributed by atoms with E-state index < -0.39 is 16.5 Å². The van der Waals surface area contributed by atoms with E-state index in [1.807, 2.05) is 4.90 Å². The van der Waals surface area contributed by atoms with Gasteiger partial charge in [0.1, 0.15) is 0 Å². The average molecular weight is 254 g/mol. The highest BCUT2D eigenvalue weighted by molar-refractivity contribution is 7.79. The Balaban J connectivity index is 2.22. The number of hydrogen-bond donors (Lipinski definition) is 2. The monoisotopic (exact) mass is 254 g/mol. The number of hydrazine groups is 1. The predicted molar refractivity (Wildman–Crippen MR) is 66.7 cm³/mol. The number of anilines is 1. The third-order valence-corrected chi connectivity index (χ3v) is 3.95. The summed E-state index contributed by atoms with van der Waals surface area (Å²) in [6, 6.07) is 7.17. The van der Waals surface area contributed by atoms with Crippen molar-refractivity contribution < 1.29 is 8.76 Å². The van der Waals surface area contributed by atoms with Gasteiger partial charge in [0, 0.05) is 5.69 Å². The fourth-order valence-electron chi connectivity index (χ4n) is 2.16. The molecule has 0 radical (unpaired) electrons. The molecule has 1 aliphatic rings. The van der Waals surface area contributed by atoms with Crippen LogP contribution in [0.3, 0.4) is 0 Å².